The van der Waals surface area contributed by atoms with Crippen LogP contribution in [0.1, 0.15) is 63.9 Å². The number of hydrogen-bond acceptors (Lipinski definition) is 7. The van der Waals surface area contributed by atoms with Gasteiger partial charge in [-0.2, -0.15) is 0 Å². The predicted octanol–water partition coefficient (Wildman–Crippen LogP) is 3.21. The van der Waals surface area contributed by atoms with Gasteiger partial charge in [-0.25, -0.2) is 0 Å². The summed E-state index contributed by atoms with van der Waals surface area (Å²) in [6.07, 6.45) is 3.50. The molecule has 1 heterocycles. The van der Waals surface area contributed by atoms with E-state index in [1.54, 1.807) is 0 Å². The van der Waals surface area contributed by atoms with E-state index in [4.69, 9.17) is 18.7 Å². The van der Waals surface area contributed by atoms with Crippen molar-refractivity contribution < 1.29 is 28.3 Å². The van der Waals surface area contributed by atoms with Crippen LogP contribution < -0.4 is 14.2 Å². The summed E-state index contributed by atoms with van der Waals surface area (Å²) in [5.74, 6) is -0.130. The first kappa shape index (κ1) is 18.0. The molecular weight excluding hydrogens is 338 g/mol. The third-order valence-corrected chi connectivity index (χ3v) is 4.52. The fraction of sp³-hybridized carbons (Fsp3) is 0.421. The van der Waals surface area contributed by atoms with Crippen LogP contribution in [0.5, 0.6) is 17.2 Å². The molecule has 1 aromatic heterocycles. The molecule has 138 valence electrons. The van der Waals surface area contributed by atoms with Gasteiger partial charge in [-0.15, -0.1) is 0 Å². The summed E-state index contributed by atoms with van der Waals surface area (Å²) in [4.78, 5) is 26.2. The highest BCUT2D eigenvalue weighted by molar-refractivity contribution is 6.30. The van der Waals surface area contributed by atoms with E-state index in [1.807, 2.05) is 0 Å². The topological polar surface area (TPSA) is 87.9 Å². The Labute approximate surface area is 151 Å². The largest absolute Gasteiger partial charge is 0.496 e. The summed E-state index contributed by atoms with van der Waals surface area (Å²) in [6.45, 7) is 2.09. The Bertz CT molecular complexity index is 867. The number of benzene rings is 1. The zero-order valence-electron chi connectivity index (χ0n) is 15.3. The van der Waals surface area contributed by atoms with E-state index in [-0.39, 0.29) is 39.7 Å². The van der Waals surface area contributed by atoms with Crippen LogP contribution in [0, 0.1) is 0 Å². The molecule has 0 unspecified atom stereocenters. The van der Waals surface area contributed by atoms with E-state index in [2.05, 4.69) is 12.1 Å². The third-order valence-electron chi connectivity index (χ3n) is 4.52. The molecule has 3 rings (SSSR count). The number of ether oxygens (including phenoxy) is 3. The summed E-state index contributed by atoms with van der Waals surface area (Å²) in [5, 5.41) is 3.98. The van der Waals surface area contributed by atoms with Crippen molar-refractivity contribution in [3.8, 4) is 17.2 Å². The van der Waals surface area contributed by atoms with E-state index in [1.165, 1.54) is 27.4 Å². The summed E-state index contributed by atoms with van der Waals surface area (Å²) >= 11 is 0. The molecule has 7 heteroatoms. The predicted molar refractivity (Wildman–Crippen MR) is 92.7 cm³/mol. The first-order valence-corrected chi connectivity index (χ1v) is 8.49. The van der Waals surface area contributed by atoms with Crippen molar-refractivity contribution in [3.63, 3.8) is 0 Å². The molecule has 0 spiro atoms. The lowest BCUT2D eigenvalue weighted by atomic mass is 9.85. The SMILES string of the molecule is CCCCCc1noc2c1C(=O)c1c(OC)cc(OC)c(OC)c1C2=O. The zero-order valence-corrected chi connectivity index (χ0v) is 15.3. The van der Waals surface area contributed by atoms with E-state index in [9.17, 15) is 9.59 Å². The van der Waals surface area contributed by atoms with Gasteiger partial charge in [-0.3, -0.25) is 9.59 Å². The van der Waals surface area contributed by atoms with Crippen LogP contribution >= 0.6 is 0 Å². The van der Waals surface area contributed by atoms with Crippen molar-refractivity contribution in [1.29, 1.82) is 0 Å². The molecule has 0 atom stereocenters. The number of fused-ring (bicyclic) bond motifs is 2. The van der Waals surface area contributed by atoms with Crippen molar-refractivity contribution in [2.75, 3.05) is 21.3 Å². The number of aryl methyl sites for hydroxylation is 1. The summed E-state index contributed by atoms with van der Waals surface area (Å²) in [6, 6.07) is 1.54. The summed E-state index contributed by atoms with van der Waals surface area (Å²) in [7, 11) is 4.30. The minimum atomic E-state index is -0.460. The quantitative estimate of drug-likeness (QED) is 0.599. The number of carbonyl (C=O) groups is 2. The lowest BCUT2D eigenvalue weighted by Gasteiger charge is -2.21. The molecular formula is C19H21NO6. The maximum Gasteiger partial charge on any atom is 0.236 e. The lowest BCUT2D eigenvalue weighted by Crippen LogP contribution is -2.22. The van der Waals surface area contributed by atoms with Crippen LogP contribution in [-0.4, -0.2) is 38.1 Å². The second-order valence-electron chi connectivity index (χ2n) is 6.01. The summed E-state index contributed by atoms with van der Waals surface area (Å²) < 4.78 is 21.2. The second kappa shape index (κ2) is 7.19. The molecule has 0 aliphatic heterocycles. The first-order chi connectivity index (χ1) is 12.6. The maximum atomic E-state index is 13.2. The lowest BCUT2D eigenvalue weighted by molar-refractivity contribution is 0.0949. The van der Waals surface area contributed by atoms with Gasteiger partial charge in [0.25, 0.3) is 0 Å². The first-order valence-electron chi connectivity index (χ1n) is 8.49. The second-order valence-corrected chi connectivity index (χ2v) is 6.01. The Morgan fingerprint density at radius 1 is 0.923 bits per heavy atom. The maximum absolute atomic E-state index is 13.2. The smallest absolute Gasteiger partial charge is 0.236 e. The van der Waals surface area contributed by atoms with Crippen LogP contribution in [0.2, 0.25) is 0 Å². The van der Waals surface area contributed by atoms with Crippen LogP contribution in [0.25, 0.3) is 0 Å². The van der Waals surface area contributed by atoms with Gasteiger partial charge in [0.1, 0.15) is 5.75 Å². The van der Waals surface area contributed by atoms with E-state index >= 15 is 0 Å². The number of nitrogens with zero attached hydrogens (tertiary/aromatic N) is 1. The van der Waals surface area contributed by atoms with E-state index in [0.29, 0.717) is 17.9 Å². The van der Waals surface area contributed by atoms with Crippen molar-refractivity contribution in [2.24, 2.45) is 0 Å². The van der Waals surface area contributed by atoms with Crippen LogP contribution in [0.3, 0.4) is 0 Å². The molecule has 0 radical (unpaired) electrons. The number of ketones is 2. The Kier molecular flexibility index (Phi) is 4.97. The van der Waals surface area contributed by atoms with Crippen LogP contribution in [-0.2, 0) is 6.42 Å². The van der Waals surface area contributed by atoms with E-state index < -0.39 is 5.78 Å². The highest BCUT2D eigenvalue weighted by Gasteiger charge is 2.41. The number of rotatable bonds is 7. The average molecular weight is 359 g/mol. The Hall–Kier alpha value is -2.83. The van der Waals surface area contributed by atoms with Gasteiger partial charge in [-0.05, 0) is 12.8 Å². The molecule has 0 N–H and O–H groups in total. The molecule has 0 bridgehead atoms. The highest BCUT2D eigenvalue weighted by atomic mass is 16.5. The number of carbonyl (C=O) groups excluding carboxylic acids is 2. The Morgan fingerprint density at radius 2 is 1.65 bits per heavy atom. The third kappa shape index (κ3) is 2.64. The number of unbranched alkanes of at least 4 members (excludes halogenated alkanes) is 2. The van der Waals surface area contributed by atoms with Crippen molar-refractivity contribution >= 4 is 11.6 Å². The van der Waals surface area contributed by atoms with Gasteiger partial charge < -0.3 is 18.7 Å². The van der Waals surface area contributed by atoms with Gasteiger partial charge >= 0.3 is 0 Å². The van der Waals surface area contributed by atoms with Crippen molar-refractivity contribution in [3.05, 3.63) is 34.2 Å². The van der Waals surface area contributed by atoms with Gasteiger partial charge in [0.15, 0.2) is 11.5 Å². The molecule has 0 fully saturated rings. The molecule has 1 aromatic carbocycles. The minimum Gasteiger partial charge on any atom is -0.496 e. The number of aromatic nitrogens is 1. The Balaban J connectivity index is 2.19. The van der Waals surface area contributed by atoms with Crippen LogP contribution in [0.4, 0.5) is 0 Å². The average Bonchev–Trinajstić information content (AvgIpc) is 3.09. The van der Waals surface area contributed by atoms with Crippen molar-refractivity contribution in [2.45, 2.75) is 32.6 Å². The molecule has 1 aliphatic carbocycles. The fourth-order valence-corrected chi connectivity index (χ4v) is 3.24. The normalized spacial score (nSPS) is 12.6. The van der Waals surface area contributed by atoms with Crippen molar-refractivity contribution in [1.82, 2.24) is 5.16 Å². The zero-order chi connectivity index (χ0) is 18.8. The number of hydrogen-bond donors (Lipinski definition) is 0. The molecule has 1 aliphatic rings. The Morgan fingerprint density at radius 3 is 2.27 bits per heavy atom. The monoisotopic (exact) mass is 359 g/mol. The molecule has 2 aromatic rings. The minimum absolute atomic E-state index is 0.0531. The molecule has 26 heavy (non-hydrogen) atoms. The van der Waals surface area contributed by atoms with Gasteiger partial charge in [-0.1, -0.05) is 24.9 Å². The van der Waals surface area contributed by atoms with E-state index in [0.717, 1.165) is 19.3 Å². The fourth-order valence-electron chi connectivity index (χ4n) is 3.24. The highest BCUT2D eigenvalue weighted by Crippen LogP contribution is 2.44. The molecule has 0 amide bonds. The molecule has 0 saturated carbocycles. The molecule has 0 saturated heterocycles. The van der Waals surface area contributed by atoms with Gasteiger partial charge in [0.05, 0.1) is 43.7 Å². The van der Waals surface area contributed by atoms with Crippen LogP contribution in [0.15, 0.2) is 10.6 Å². The summed E-state index contributed by atoms with van der Waals surface area (Å²) in [5.41, 5.74) is 0.971. The number of methoxy groups -OCH3 is 3. The van der Waals surface area contributed by atoms with Gasteiger partial charge in [0.2, 0.25) is 17.3 Å². The standard InChI is InChI=1S/C19H21NO6/c1-5-6-7-8-10-13-16(21)14-11(23-2)9-12(24-3)18(25-4)15(14)17(22)19(13)26-20-10/h9H,5-8H2,1-4H3. The molecule has 7 nitrogen and oxygen atoms in total. The van der Waals surface area contributed by atoms with Gasteiger partial charge in [0, 0.05) is 6.07 Å².